The second-order valence-electron chi connectivity index (χ2n) is 9.44. The van der Waals surface area contributed by atoms with Crippen LogP contribution in [0.4, 0.5) is 0 Å². The van der Waals surface area contributed by atoms with Crippen LogP contribution in [-0.4, -0.2) is 32.7 Å². The summed E-state index contributed by atoms with van der Waals surface area (Å²) >= 11 is 0. The zero-order chi connectivity index (χ0) is 23.7. The van der Waals surface area contributed by atoms with Crippen molar-refractivity contribution in [1.29, 1.82) is 0 Å². The van der Waals surface area contributed by atoms with Gasteiger partial charge in [-0.3, -0.25) is 0 Å². The molecule has 0 aromatic heterocycles. The number of aliphatic hydroxyl groups excluding tert-OH is 1. The van der Waals surface area contributed by atoms with Crippen molar-refractivity contribution in [3.05, 3.63) is 109 Å². The van der Waals surface area contributed by atoms with Gasteiger partial charge in [0.05, 0.1) is 19.3 Å². The standard InChI is InChI=1S/C29H36O3Si/c1-5-25(28(30)23-31-21-24-15-9-6-10-16-24)22-32-33(29(2,3)4,26-17-11-7-12-18-26)27-19-13-8-14-20-27/h5-20,25,28,30H,1,21-23H2,2-4H3/t25-,28+/m1/s1. The van der Waals surface area contributed by atoms with Gasteiger partial charge < -0.3 is 14.3 Å². The Morgan fingerprint density at radius 1 is 0.818 bits per heavy atom. The van der Waals surface area contributed by atoms with Crippen molar-refractivity contribution in [3.8, 4) is 0 Å². The molecule has 0 bridgehead atoms. The molecule has 0 aliphatic rings. The molecule has 0 heterocycles. The number of ether oxygens (including phenoxy) is 1. The van der Waals surface area contributed by atoms with E-state index in [-0.39, 0.29) is 17.6 Å². The zero-order valence-corrected chi connectivity index (χ0v) is 21.0. The van der Waals surface area contributed by atoms with Gasteiger partial charge in [0.25, 0.3) is 8.32 Å². The first-order valence-corrected chi connectivity index (χ1v) is 13.5. The van der Waals surface area contributed by atoms with Crippen molar-refractivity contribution in [2.75, 3.05) is 13.2 Å². The Bertz CT molecular complexity index is 929. The molecule has 0 aliphatic carbocycles. The summed E-state index contributed by atoms with van der Waals surface area (Å²) in [6.45, 7) is 11.8. The molecule has 2 atom stereocenters. The lowest BCUT2D eigenvalue weighted by atomic mass is 10.1. The van der Waals surface area contributed by atoms with E-state index < -0.39 is 14.4 Å². The highest BCUT2D eigenvalue weighted by Gasteiger charge is 2.50. The van der Waals surface area contributed by atoms with Crippen LogP contribution in [0.5, 0.6) is 0 Å². The Balaban J connectivity index is 1.80. The summed E-state index contributed by atoms with van der Waals surface area (Å²) in [5, 5.41) is 13.2. The molecule has 0 radical (unpaired) electrons. The summed E-state index contributed by atoms with van der Waals surface area (Å²) < 4.78 is 12.7. The minimum atomic E-state index is -2.66. The monoisotopic (exact) mass is 460 g/mol. The number of aliphatic hydroxyl groups is 1. The van der Waals surface area contributed by atoms with Crippen LogP contribution in [0.1, 0.15) is 26.3 Å². The fourth-order valence-corrected chi connectivity index (χ4v) is 8.91. The summed E-state index contributed by atoms with van der Waals surface area (Å²) in [5.74, 6) is -0.234. The van der Waals surface area contributed by atoms with E-state index in [4.69, 9.17) is 9.16 Å². The second-order valence-corrected chi connectivity index (χ2v) is 13.7. The lowest BCUT2D eigenvalue weighted by Gasteiger charge is -2.43. The minimum absolute atomic E-state index is 0.115. The average molecular weight is 461 g/mol. The molecule has 3 aromatic carbocycles. The summed E-state index contributed by atoms with van der Waals surface area (Å²) in [4.78, 5) is 0. The van der Waals surface area contributed by atoms with Crippen molar-refractivity contribution in [3.63, 3.8) is 0 Å². The first-order chi connectivity index (χ1) is 15.9. The number of hydrogen-bond acceptors (Lipinski definition) is 3. The second kappa shape index (κ2) is 11.6. The molecule has 3 nitrogen and oxygen atoms in total. The van der Waals surface area contributed by atoms with Gasteiger partial charge >= 0.3 is 0 Å². The maximum atomic E-state index is 10.9. The van der Waals surface area contributed by atoms with Gasteiger partial charge in [-0.25, -0.2) is 0 Å². The van der Waals surface area contributed by atoms with Crippen LogP contribution in [0.25, 0.3) is 0 Å². The first kappa shape index (κ1) is 25.1. The lowest BCUT2D eigenvalue weighted by molar-refractivity contribution is -0.00177. The summed E-state index contributed by atoms with van der Waals surface area (Å²) in [5.41, 5.74) is 1.09. The number of rotatable bonds is 11. The molecule has 0 fully saturated rings. The van der Waals surface area contributed by atoms with Gasteiger partial charge in [0.2, 0.25) is 0 Å². The average Bonchev–Trinajstić information content (AvgIpc) is 2.83. The third-order valence-electron chi connectivity index (χ3n) is 6.11. The molecule has 0 saturated heterocycles. The highest BCUT2D eigenvalue weighted by Crippen LogP contribution is 2.37. The van der Waals surface area contributed by atoms with E-state index >= 15 is 0 Å². The number of hydrogen-bond donors (Lipinski definition) is 1. The van der Waals surface area contributed by atoms with E-state index in [2.05, 4.69) is 75.9 Å². The maximum absolute atomic E-state index is 10.9. The molecule has 0 unspecified atom stereocenters. The van der Waals surface area contributed by atoms with Gasteiger partial charge in [0.1, 0.15) is 0 Å². The van der Waals surface area contributed by atoms with Crippen LogP contribution in [0.3, 0.4) is 0 Å². The predicted octanol–water partition coefficient (Wildman–Crippen LogP) is 4.94. The smallest absolute Gasteiger partial charge is 0.261 e. The fourth-order valence-electron chi connectivity index (χ4n) is 4.31. The normalized spacial score (nSPS) is 13.9. The molecule has 0 aliphatic heterocycles. The zero-order valence-electron chi connectivity index (χ0n) is 20.0. The molecule has 1 N–H and O–H groups in total. The van der Waals surface area contributed by atoms with Crippen molar-refractivity contribution < 1.29 is 14.3 Å². The van der Waals surface area contributed by atoms with Crippen molar-refractivity contribution in [2.24, 2.45) is 5.92 Å². The Kier molecular flexibility index (Phi) is 8.81. The van der Waals surface area contributed by atoms with E-state index in [1.165, 1.54) is 10.4 Å². The van der Waals surface area contributed by atoms with Gasteiger partial charge in [-0.1, -0.05) is 118 Å². The van der Waals surface area contributed by atoms with Crippen molar-refractivity contribution in [1.82, 2.24) is 0 Å². The van der Waals surface area contributed by atoms with Crippen LogP contribution in [0.15, 0.2) is 104 Å². The van der Waals surface area contributed by atoms with Gasteiger partial charge in [-0.05, 0) is 21.0 Å². The molecule has 174 valence electrons. The molecule has 3 aromatic rings. The quantitative estimate of drug-likeness (QED) is 0.325. The third kappa shape index (κ3) is 6.09. The molecule has 0 saturated carbocycles. The van der Waals surface area contributed by atoms with Gasteiger partial charge in [-0.2, -0.15) is 0 Å². The van der Waals surface area contributed by atoms with Crippen LogP contribution in [0.2, 0.25) is 5.04 Å². The summed E-state index contributed by atoms with van der Waals surface area (Å²) in [7, 11) is -2.66. The number of benzene rings is 3. The van der Waals surface area contributed by atoms with Crippen molar-refractivity contribution >= 4 is 18.7 Å². The topological polar surface area (TPSA) is 38.7 Å². The van der Waals surface area contributed by atoms with E-state index in [9.17, 15) is 5.11 Å². The summed E-state index contributed by atoms with van der Waals surface area (Å²) in [6.07, 6.45) is 1.10. The minimum Gasteiger partial charge on any atom is -0.407 e. The molecule has 3 rings (SSSR count). The first-order valence-electron chi connectivity index (χ1n) is 11.6. The Hall–Kier alpha value is -2.50. The van der Waals surface area contributed by atoms with Gasteiger partial charge in [-0.15, -0.1) is 6.58 Å². The fraction of sp³-hybridized carbons (Fsp3) is 0.310. The third-order valence-corrected chi connectivity index (χ3v) is 11.1. The predicted molar refractivity (Wildman–Crippen MR) is 139 cm³/mol. The molecular weight excluding hydrogens is 424 g/mol. The van der Waals surface area contributed by atoms with Gasteiger partial charge in [0.15, 0.2) is 0 Å². The Labute approximate surface area is 199 Å². The van der Waals surface area contributed by atoms with Gasteiger partial charge in [0, 0.05) is 12.5 Å². The molecule has 33 heavy (non-hydrogen) atoms. The Morgan fingerprint density at radius 2 is 1.30 bits per heavy atom. The van der Waals surface area contributed by atoms with Crippen LogP contribution in [-0.2, 0) is 15.8 Å². The highest BCUT2D eigenvalue weighted by atomic mass is 28.4. The maximum Gasteiger partial charge on any atom is 0.261 e. The summed E-state index contributed by atoms with van der Waals surface area (Å²) in [6, 6.07) is 31.1. The molecule has 0 spiro atoms. The van der Waals surface area contributed by atoms with Crippen LogP contribution >= 0.6 is 0 Å². The Morgan fingerprint density at radius 3 is 1.76 bits per heavy atom. The van der Waals surface area contributed by atoms with Crippen molar-refractivity contribution in [2.45, 2.75) is 38.5 Å². The van der Waals surface area contributed by atoms with E-state index in [0.717, 1.165) is 5.56 Å². The van der Waals surface area contributed by atoms with E-state index in [0.29, 0.717) is 13.2 Å². The van der Waals surface area contributed by atoms with E-state index in [1.54, 1.807) is 6.08 Å². The van der Waals surface area contributed by atoms with Crippen LogP contribution in [0, 0.1) is 5.92 Å². The lowest BCUT2D eigenvalue weighted by Crippen LogP contribution is -2.67. The molecular formula is C29H36O3Si. The van der Waals surface area contributed by atoms with Crippen LogP contribution < -0.4 is 10.4 Å². The highest BCUT2D eigenvalue weighted by molar-refractivity contribution is 6.99. The van der Waals surface area contributed by atoms with E-state index in [1.807, 2.05) is 42.5 Å². The molecule has 0 amide bonds. The SMILES string of the molecule is C=C[C@H](CO[Si](c1ccccc1)(c1ccccc1)C(C)(C)C)[C@@H](O)COCc1ccccc1. The largest absolute Gasteiger partial charge is 0.407 e. The molecule has 4 heteroatoms.